The molecule has 1 heterocycles. The van der Waals surface area contributed by atoms with Gasteiger partial charge in [0.15, 0.2) is 0 Å². The second kappa shape index (κ2) is 10.8. The van der Waals surface area contributed by atoms with Crippen molar-refractivity contribution in [2.75, 3.05) is 0 Å². The number of carbonyl (C=O) groups excluding carboxylic acids is 1. The van der Waals surface area contributed by atoms with E-state index in [0.717, 1.165) is 53.4 Å². The Morgan fingerprint density at radius 3 is 2.24 bits per heavy atom. The highest BCUT2D eigenvalue weighted by Gasteiger charge is 2.26. The molecule has 0 saturated heterocycles. The van der Waals surface area contributed by atoms with Crippen LogP contribution in [0.25, 0.3) is 11.1 Å². The fraction of sp³-hybridized carbons (Fsp3) is 0.429. The Morgan fingerprint density at radius 1 is 0.939 bits per heavy atom. The Balaban J connectivity index is 1.63. The van der Waals surface area contributed by atoms with Crippen LogP contribution in [-0.2, 0) is 19.6 Å². The van der Waals surface area contributed by atoms with E-state index in [4.69, 9.17) is 0 Å². The van der Waals surface area contributed by atoms with Crippen LogP contribution < -0.4 is 5.69 Å². The summed E-state index contributed by atoms with van der Waals surface area (Å²) < 4.78 is 16.9. The van der Waals surface area contributed by atoms with Crippen molar-refractivity contribution in [1.29, 1.82) is 0 Å². The van der Waals surface area contributed by atoms with Crippen LogP contribution in [0.1, 0.15) is 73.6 Å². The van der Waals surface area contributed by atoms with Crippen LogP contribution in [0, 0.1) is 5.92 Å². The van der Waals surface area contributed by atoms with E-state index in [1.807, 2.05) is 49.4 Å². The van der Waals surface area contributed by atoms with Gasteiger partial charge in [-0.25, -0.2) is 13.8 Å². The topological polar surface area (TPSA) is 44.0 Å². The minimum Gasteiger partial charge on any atom is -0.291 e. The summed E-state index contributed by atoms with van der Waals surface area (Å²) in [7, 11) is 0. The Morgan fingerprint density at radius 2 is 1.61 bits per heavy atom. The lowest BCUT2D eigenvalue weighted by molar-refractivity contribution is 0.0857. The molecule has 0 bridgehead atoms. The molecule has 1 saturated carbocycles. The van der Waals surface area contributed by atoms with E-state index in [1.54, 1.807) is 4.57 Å². The van der Waals surface area contributed by atoms with Gasteiger partial charge in [-0.15, -0.1) is 0 Å². The first-order chi connectivity index (χ1) is 16.1. The summed E-state index contributed by atoms with van der Waals surface area (Å²) in [5.41, 5.74) is 3.67. The van der Waals surface area contributed by atoms with Gasteiger partial charge in [-0.3, -0.25) is 9.36 Å². The maximum Gasteiger partial charge on any atom is 0.335 e. The van der Waals surface area contributed by atoms with Gasteiger partial charge in [0.05, 0.1) is 12.2 Å². The molecule has 1 fully saturated rings. The van der Waals surface area contributed by atoms with Crippen molar-refractivity contribution < 1.29 is 9.18 Å². The average molecular weight is 449 g/mol. The molecule has 0 N–H and O–H groups in total. The number of hydrogen-bond donors (Lipinski definition) is 0. The molecule has 2 aromatic carbocycles. The molecule has 4 nitrogen and oxygen atoms in total. The van der Waals surface area contributed by atoms with E-state index in [-0.39, 0.29) is 11.6 Å². The lowest BCUT2D eigenvalue weighted by Gasteiger charge is -2.20. The number of rotatable bonds is 8. The maximum absolute atomic E-state index is 14.2. The number of carbonyl (C=O) groups is 1. The number of alkyl halides is 1. The number of hydrogen-bond acceptors (Lipinski definition) is 2. The van der Waals surface area contributed by atoms with Crippen molar-refractivity contribution in [2.24, 2.45) is 5.92 Å². The van der Waals surface area contributed by atoms with Gasteiger partial charge < -0.3 is 0 Å². The summed E-state index contributed by atoms with van der Waals surface area (Å²) in [4.78, 5) is 26.5. The normalized spacial score (nSPS) is 14.5. The molecule has 1 aromatic heterocycles. The van der Waals surface area contributed by atoms with Gasteiger partial charge >= 0.3 is 5.69 Å². The summed E-state index contributed by atoms with van der Waals surface area (Å²) >= 11 is 0. The molecule has 33 heavy (non-hydrogen) atoms. The minimum atomic E-state index is -0.805. The summed E-state index contributed by atoms with van der Waals surface area (Å²) in [5, 5.41) is 0. The van der Waals surface area contributed by atoms with Crippen molar-refractivity contribution in [3.05, 3.63) is 82.0 Å². The first-order valence-corrected chi connectivity index (χ1v) is 12.2. The third-order valence-electron chi connectivity index (χ3n) is 6.80. The molecule has 0 unspecified atom stereocenters. The highest BCUT2D eigenvalue weighted by Crippen LogP contribution is 2.27. The first kappa shape index (κ1) is 23.2. The van der Waals surface area contributed by atoms with Gasteiger partial charge in [0, 0.05) is 12.1 Å². The molecule has 174 valence electrons. The molecule has 0 atom stereocenters. The number of imidazole rings is 1. The van der Waals surface area contributed by atoms with Crippen molar-refractivity contribution in [3.8, 4) is 11.1 Å². The number of halogens is 1. The van der Waals surface area contributed by atoms with Gasteiger partial charge in [0.2, 0.25) is 5.91 Å². The highest BCUT2D eigenvalue weighted by atomic mass is 19.1. The van der Waals surface area contributed by atoms with Gasteiger partial charge in [-0.05, 0) is 41.9 Å². The number of aromatic nitrogens is 2. The lowest BCUT2D eigenvalue weighted by atomic mass is 9.87. The molecule has 5 heteroatoms. The molecule has 1 aliphatic rings. The molecule has 3 aromatic rings. The molecular formula is C28H33FN2O2. The highest BCUT2D eigenvalue weighted by molar-refractivity contribution is 5.80. The van der Waals surface area contributed by atoms with Crippen molar-refractivity contribution >= 4 is 5.91 Å². The Labute approximate surface area is 195 Å². The number of nitrogens with zero attached hydrogens (tertiary/aromatic N) is 2. The molecule has 0 aliphatic heterocycles. The molecule has 4 rings (SSSR count). The van der Waals surface area contributed by atoms with E-state index in [0.29, 0.717) is 31.0 Å². The van der Waals surface area contributed by atoms with Crippen LogP contribution in [0.15, 0.2) is 59.4 Å². The van der Waals surface area contributed by atoms with Gasteiger partial charge in [0.1, 0.15) is 6.67 Å². The summed E-state index contributed by atoms with van der Waals surface area (Å²) in [5.74, 6) is 0.0456. The Bertz CT molecular complexity index is 1120. The molecular weight excluding hydrogens is 415 g/mol. The second-order valence-electron chi connectivity index (χ2n) is 9.15. The second-order valence-corrected chi connectivity index (χ2v) is 9.15. The predicted octanol–water partition coefficient (Wildman–Crippen LogP) is 6.40. The Kier molecular flexibility index (Phi) is 7.58. The zero-order valence-corrected chi connectivity index (χ0v) is 19.4. The third-order valence-corrected chi connectivity index (χ3v) is 6.80. The Hall–Kier alpha value is -2.95. The van der Waals surface area contributed by atoms with E-state index >= 15 is 0 Å². The van der Waals surface area contributed by atoms with Crippen LogP contribution in [0.4, 0.5) is 4.39 Å². The SMILES string of the molecule is CCCc1c(CF)n(C(=O)CC2CCCCC2)c(=O)n1Cc1ccc(-c2ccccc2)cc1. The average Bonchev–Trinajstić information content (AvgIpc) is 3.11. The number of benzene rings is 2. The summed E-state index contributed by atoms with van der Waals surface area (Å²) in [6.07, 6.45) is 7.17. The molecule has 0 radical (unpaired) electrons. The van der Waals surface area contributed by atoms with Gasteiger partial charge in [-0.1, -0.05) is 87.2 Å². The van der Waals surface area contributed by atoms with Gasteiger partial charge in [0.25, 0.3) is 0 Å². The van der Waals surface area contributed by atoms with Crippen LogP contribution in [0.3, 0.4) is 0 Å². The maximum atomic E-state index is 14.2. The van der Waals surface area contributed by atoms with Crippen molar-refractivity contribution in [3.63, 3.8) is 0 Å². The van der Waals surface area contributed by atoms with Crippen molar-refractivity contribution in [1.82, 2.24) is 9.13 Å². The predicted molar refractivity (Wildman–Crippen MR) is 130 cm³/mol. The third kappa shape index (κ3) is 5.18. The zero-order chi connectivity index (χ0) is 23.2. The van der Waals surface area contributed by atoms with Crippen LogP contribution in [0.5, 0.6) is 0 Å². The quantitative estimate of drug-likeness (QED) is 0.400. The molecule has 0 spiro atoms. The van der Waals surface area contributed by atoms with E-state index < -0.39 is 12.4 Å². The molecule has 0 amide bonds. The van der Waals surface area contributed by atoms with E-state index in [2.05, 4.69) is 12.1 Å². The van der Waals surface area contributed by atoms with Gasteiger partial charge in [-0.2, -0.15) is 0 Å². The minimum absolute atomic E-state index is 0.239. The monoisotopic (exact) mass is 448 g/mol. The fourth-order valence-electron chi connectivity index (χ4n) is 5.05. The van der Waals surface area contributed by atoms with Crippen LogP contribution >= 0.6 is 0 Å². The van der Waals surface area contributed by atoms with Crippen LogP contribution in [-0.4, -0.2) is 15.0 Å². The van der Waals surface area contributed by atoms with E-state index in [1.165, 1.54) is 6.42 Å². The first-order valence-electron chi connectivity index (χ1n) is 12.2. The molecule has 1 aliphatic carbocycles. The smallest absolute Gasteiger partial charge is 0.291 e. The standard InChI is InChI=1S/C28H33FN2O2/c1-2-9-25-26(19-29)31(27(32)18-21-10-5-3-6-11-21)28(33)30(25)20-22-14-16-24(17-15-22)23-12-7-4-8-13-23/h4,7-8,12-17,21H,2-3,5-6,9-11,18-20H2,1H3. The lowest BCUT2D eigenvalue weighted by Crippen LogP contribution is -2.31. The van der Waals surface area contributed by atoms with Crippen LogP contribution in [0.2, 0.25) is 0 Å². The van der Waals surface area contributed by atoms with Crippen molar-refractivity contribution in [2.45, 2.75) is 71.5 Å². The fourth-order valence-corrected chi connectivity index (χ4v) is 5.05. The summed E-state index contributed by atoms with van der Waals surface area (Å²) in [6.45, 7) is 1.54. The zero-order valence-electron chi connectivity index (χ0n) is 19.4. The summed E-state index contributed by atoms with van der Waals surface area (Å²) in [6, 6.07) is 18.2. The largest absolute Gasteiger partial charge is 0.335 e. The van der Waals surface area contributed by atoms with E-state index in [9.17, 15) is 14.0 Å².